The first-order chi connectivity index (χ1) is 7.69. The van der Waals surface area contributed by atoms with E-state index < -0.39 is 11.6 Å². The van der Waals surface area contributed by atoms with E-state index in [-0.39, 0.29) is 17.7 Å². The standard InChI is InChI=1S/C13H15F2N/c1-3-5-6-16-9-11-12(14)7-10(4-2)8-13(11)15/h2,7-8,16H,3,5-6,9H2,1H3. The Morgan fingerprint density at radius 2 is 1.94 bits per heavy atom. The van der Waals surface area contributed by atoms with Gasteiger partial charge in [0.1, 0.15) is 11.6 Å². The zero-order valence-electron chi connectivity index (χ0n) is 9.32. The van der Waals surface area contributed by atoms with Crippen LogP contribution < -0.4 is 5.32 Å². The number of halogens is 2. The van der Waals surface area contributed by atoms with Gasteiger partial charge in [0.2, 0.25) is 0 Å². The number of hydrogen-bond acceptors (Lipinski definition) is 1. The number of terminal acetylenes is 1. The summed E-state index contributed by atoms with van der Waals surface area (Å²) in [6.07, 6.45) is 7.12. The van der Waals surface area contributed by atoms with Crippen molar-refractivity contribution in [1.82, 2.24) is 5.32 Å². The van der Waals surface area contributed by atoms with Crippen molar-refractivity contribution in [3.63, 3.8) is 0 Å². The molecule has 0 aliphatic rings. The molecule has 0 heterocycles. The summed E-state index contributed by atoms with van der Waals surface area (Å²) in [5.74, 6) is 1.04. The van der Waals surface area contributed by atoms with E-state index in [0.29, 0.717) is 0 Å². The molecule has 0 fully saturated rings. The van der Waals surface area contributed by atoms with E-state index in [2.05, 4.69) is 18.2 Å². The van der Waals surface area contributed by atoms with Gasteiger partial charge < -0.3 is 5.32 Å². The van der Waals surface area contributed by atoms with Gasteiger partial charge in [0.15, 0.2) is 0 Å². The average molecular weight is 223 g/mol. The predicted molar refractivity (Wildman–Crippen MR) is 60.9 cm³/mol. The summed E-state index contributed by atoms with van der Waals surface area (Å²) in [6, 6.07) is 2.36. The van der Waals surface area contributed by atoms with Crippen LogP contribution in [0.4, 0.5) is 8.78 Å². The van der Waals surface area contributed by atoms with Crippen LogP contribution in [0.3, 0.4) is 0 Å². The normalized spacial score (nSPS) is 10.1. The van der Waals surface area contributed by atoms with Gasteiger partial charge in [-0.3, -0.25) is 0 Å². The van der Waals surface area contributed by atoms with Crippen LogP contribution in [0, 0.1) is 24.0 Å². The Bertz CT molecular complexity index is 370. The van der Waals surface area contributed by atoms with Gasteiger partial charge in [-0.25, -0.2) is 8.78 Å². The maximum absolute atomic E-state index is 13.4. The highest BCUT2D eigenvalue weighted by atomic mass is 19.1. The van der Waals surface area contributed by atoms with Gasteiger partial charge in [0.25, 0.3) is 0 Å². The molecule has 0 unspecified atom stereocenters. The maximum atomic E-state index is 13.4. The summed E-state index contributed by atoms with van der Waals surface area (Å²) < 4.78 is 26.9. The van der Waals surface area contributed by atoms with E-state index in [9.17, 15) is 8.78 Å². The van der Waals surface area contributed by atoms with E-state index in [1.165, 1.54) is 12.1 Å². The molecule has 0 amide bonds. The minimum absolute atomic E-state index is 0.0510. The van der Waals surface area contributed by atoms with Crippen molar-refractivity contribution >= 4 is 0 Å². The number of hydrogen-bond donors (Lipinski definition) is 1. The molecule has 16 heavy (non-hydrogen) atoms. The van der Waals surface area contributed by atoms with Crippen LogP contribution in [0.2, 0.25) is 0 Å². The summed E-state index contributed by atoms with van der Waals surface area (Å²) in [4.78, 5) is 0. The van der Waals surface area contributed by atoms with E-state index in [0.717, 1.165) is 19.4 Å². The Kier molecular flexibility index (Phi) is 4.94. The highest BCUT2D eigenvalue weighted by Crippen LogP contribution is 2.14. The van der Waals surface area contributed by atoms with Crippen molar-refractivity contribution < 1.29 is 8.78 Å². The molecule has 0 aromatic heterocycles. The molecule has 1 rings (SSSR count). The minimum Gasteiger partial charge on any atom is -0.312 e. The second-order valence-corrected chi connectivity index (χ2v) is 3.59. The van der Waals surface area contributed by atoms with Crippen LogP contribution >= 0.6 is 0 Å². The second-order valence-electron chi connectivity index (χ2n) is 3.59. The zero-order chi connectivity index (χ0) is 12.0. The third kappa shape index (κ3) is 3.32. The molecule has 0 saturated heterocycles. The topological polar surface area (TPSA) is 12.0 Å². The van der Waals surface area contributed by atoms with Gasteiger partial charge in [-0.2, -0.15) is 0 Å². The summed E-state index contributed by atoms with van der Waals surface area (Å²) >= 11 is 0. The molecule has 0 spiro atoms. The van der Waals surface area contributed by atoms with E-state index in [1.54, 1.807) is 0 Å². The molecule has 0 saturated carbocycles. The van der Waals surface area contributed by atoms with Gasteiger partial charge in [-0.05, 0) is 25.1 Å². The van der Waals surface area contributed by atoms with Gasteiger partial charge in [0, 0.05) is 17.7 Å². The predicted octanol–water partition coefficient (Wildman–Crippen LogP) is 2.84. The lowest BCUT2D eigenvalue weighted by Crippen LogP contribution is -2.16. The SMILES string of the molecule is C#Cc1cc(F)c(CNCCCC)c(F)c1. The van der Waals surface area contributed by atoms with Gasteiger partial charge >= 0.3 is 0 Å². The third-order valence-corrected chi connectivity index (χ3v) is 2.32. The molecule has 1 nitrogen and oxygen atoms in total. The summed E-state index contributed by atoms with van der Waals surface area (Å²) in [5, 5.41) is 2.99. The Morgan fingerprint density at radius 3 is 2.44 bits per heavy atom. The zero-order valence-corrected chi connectivity index (χ0v) is 9.32. The first-order valence-corrected chi connectivity index (χ1v) is 5.34. The van der Waals surface area contributed by atoms with Crippen molar-refractivity contribution in [2.45, 2.75) is 26.3 Å². The minimum atomic E-state index is -0.586. The van der Waals surface area contributed by atoms with E-state index >= 15 is 0 Å². The first kappa shape index (κ1) is 12.7. The van der Waals surface area contributed by atoms with Crippen molar-refractivity contribution in [2.24, 2.45) is 0 Å². The quantitative estimate of drug-likeness (QED) is 0.598. The van der Waals surface area contributed by atoms with Gasteiger partial charge in [-0.15, -0.1) is 6.42 Å². The van der Waals surface area contributed by atoms with E-state index in [1.807, 2.05) is 0 Å². The van der Waals surface area contributed by atoms with Gasteiger partial charge in [0.05, 0.1) is 0 Å². The molecule has 0 aliphatic heterocycles. The fraction of sp³-hybridized carbons (Fsp3) is 0.385. The number of benzene rings is 1. The van der Waals surface area contributed by atoms with Crippen molar-refractivity contribution in [3.8, 4) is 12.3 Å². The Labute approximate surface area is 94.9 Å². The fourth-order valence-corrected chi connectivity index (χ4v) is 1.37. The Balaban J connectivity index is 2.70. The fourth-order valence-electron chi connectivity index (χ4n) is 1.37. The monoisotopic (exact) mass is 223 g/mol. The highest BCUT2D eigenvalue weighted by molar-refractivity contribution is 5.36. The third-order valence-electron chi connectivity index (χ3n) is 2.32. The van der Waals surface area contributed by atoms with Crippen LogP contribution in [0.25, 0.3) is 0 Å². The smallest absolute Gasteiger partial charge is 0.131 e. The van der Waals surface area contributed by atoms with Crippen molar-refractivity contribution in [1.29, 1.82) is 0 Å². The van der Waals surface area contributed by atoms with Gasteiger partial charge in [-0.1, -0.05) is 19.3 Å². The molecule has 1 N–H and O–H groups in total. The summed E-state index contributed by atoms with van der Waals surface area (Å²) in [5.41, 5.74) is 0.280. The molecular weight excluding hydrogens is 208 g/mol. The second kappa shape index (κ2) is 6.24. The largest absolute Gasteiger partial charge is 0.312 e. The lowest BCUT2D eigenvalue weighted by molar-refractivity contribution is 0.531. The summed E-state index contributed by atoms with van der Waals surface area (Å²) in [7, 11) is 0. The number of unbranched alkanes of at least 4 members (excludes halogenated alkanes) is 1. The average Bonchev–Trinajstić information content (AvgIpc) is 2.26. The molecule has 0 atom stereocenters. The van der Waals surface area contributed by atoms with Crippen molar-refractivity contribution in [3.05, 3.63) is 34.9 Å². The molecule has 86 valence electrons. The Hall–Kier alpha value is -1.40. The molecule has 1 aromatic rings. The maximum Gasteiger partial charge on any atom is 0.131 e. The van der Waals surface area contributed by atoms with Crippen LogP contribution in [0.15, 0.2) is 12.1 Å². The lowest BCUT2D eigenvalue weighted by atomic mass is 10.1. The first-order valence-electron chi connectivity index (χ1n) is 5.34. The van der Waals surface area contributed by atoms with Crippen LogP contribution in [-0.2, 0) is 6.54 Å². The van der Waals surface area contributed by atoms with Crippen LogP contribution in [0.5, 0.6) is 0 Å². The van der Waals surface area contributed by atoms with E-state index in [4.69, 9.17) is 6.42 Å². The molecule has 3 heteroatoms. The molecule has 0 radical (unpaired) electrons. The molecule has 1 aromatic carbocycles. The lowest BCUT2D eigenvalue weighted by Gasteiger charge is -2.07. The number of nitrogens with one attached hydrogen (secondary N) is 1. The van der Waals surface area contributed by atoms with Crippen molar-refractivity contribution in [2.75, 3.05) is 6.54 Å². The summed E-state index contributed by atoms with van der Waals surface area (Å²) in [6.45, 7) is 3.01. The highest BCUT2D eigenvalue weighted by Gasteiger charge is 2.09. The Morgan fingerprint density at radius 1 is 1.31 bits per heavy atom. The molecule has 0 aliphatic carbocycles. The van der Waals surface area contributed by atoms with Crippen LogP contribution in [0.1, 0.15) is 30.9 Å². The molecule has 0 bridgehead atoms. The number of rotatable bonds is 5. The molecular formula is C13H15F2N. The van der Waals surface area contributed by atoms with Crippen LogP contribution in [-0.4, -0.2) is 6.54 Å².